The molecule has 0 saturated heterocycles. The standard InChI is InChI=1S/C12H14FNO2/c1-3-12(13)8-9-6-4-5-7-10(9)14(2)11(15)16-12/h4-7H,3,8H2,1-2H3. The summed E-state index contributed by atoms with van der Waals surface area (Å²) in [5, 5.41) is 0. The molecule has 0 bridgehead atoms. The second kappa shape index (κ2) is 3.77. The first-order valence-electron chi connectivity index (χ1n) is 5.29. The number of hydrogen-bond donors (Lipinski definition) is 0. The largest absolute Gasteiger partial charge is 0.416 e. The van der Waals surface area contributed by atoms with Crippen molar-refractivity contribution in [1.82, 2.24) is 0 Å². The molecule has 0 aliphatic carbocycles. The van der Waals surface area contributed by atoms with Crippen LogP contribution in [-0.4, -0.2) is 19.0 Å². The Bertz CT molecular complexity index is 421. The summed E-state index contributed by atoms with van der Waals surface area (Å²) < 4.78 is 19.1. The molecule has 1 unspecified atom stereocenters. The highest BCUT2D eigenvalue weighted by molar-refractivity contribution is 5.89. The topological polar surface area (TPSA) is 29.5 Å². The molecular formula is C12H14FNO2. The summed E-state index contributed by atoms with van der Waals surface area (Å²) in [6, 6.07) is 7.26. The molecule has 16 heavy (non-hydrogen) atoms. The number of fused-ring (bicyclic) bond motifs is 1. The summed E-state index contributed by atoms with van der Waals surface area (Å²) in [4.78, 5) is 13.0. The molecule has 86 valence electrons. The van der Waals surface area contributed by atoms with Gasteiger partial charge in [-0.3, -0.25) is 4.90 Å². The van der Waals surface area contributed by atoms with E-state index < -0.39 is 11.9 Å². The van der Waals surface area contributed by atoms with Gasteiger partial charge in [0.05, 0.1) is 5.69 Å². The Hall–Kier alpha value is -1.58. The molecule has 4 heteroatoms. The van der Waals surface area contributed by atoms with Crippen molar-refractivity contribution < 1.29 is 13.9 Å². The zero-order valence-electron chi connectivity index (χ0n) is 9.37. The summed E-state index contributed by atoms with van der Waals surface area (Å²) in [7, 11) is 1.59. The van der Waals surface area contributed by atoms with Gasteiger partial charge >= 0.3 is 6.09 Å². The smallest absolute Gasteiger partial charge is 0.412 e. The lowest BCUT2D eigenvalue weighted by Gasteiger charge is -2.21. The summed E-state index contributed by atoms with van der Waals surface area (Å²) in [5.41, 5.74) is 1.50. The summed E-state index contributed by atoms with van der Waals surface area (Å²) >= 11 is 0. The fraction of sp³-hybridized carbons (Fsp3) is 0.417. The predicted octanol–water partition coefficient (Wildman–Crippen LogP) is 2.89. The molecule has 1 heterocycles. The first-order chi connectivity index (χ1) is 7.56. The van der Waals surface area contributed by atoms with Crippen LogP contribution >= 0.6 is 0 Å². The maximum atomic E-state index is 14.2. The molecule has 0 saturated carbocycles. The highest BCUT2D eigenvalue weighted by atomic mass is 19.2. The number of hydrogen-bond acceptors (Lipinski definition) is 2. The number of carbonyl (C=O) groups excluding carboxylic acids is 1. The van der Waals surface area contributed by atoms with E-state index in [1.165, 1.54) is 4.90 Å². The summed E-state index contributed by atoms with van der Waals surface area (Å²) in [5.74, 6) is -1.89. The highest BCUT2D eigenvalue weighted by Gasteiger charge is 2.38. The maximum Gasteiger partial charge on any atom is 0.416 e. The average Bonchev–Trinajstić information content (AvgIpc) is 2.37. The summed E-state index contributed by atoms with van der Waals surface area (Å²) in [6.45, 7) is 1.67. The van der Waals surface area contributed by atoms with E-state index in [9.17, 15) is 9.18 Å². The number of carbonyl (C=O) groups is 1. The van der Waals surface area contributed by atoms with Gasteiger partial charge in [0.15, 0.2) is 0 Å². The van der Waals surface area contributed by atoms with Crippen molar-refractivity contribution in [3.63, 3.8) is 0 Å². The monoisotopic (exact) mass is 223 g/mol. The average molecular weight is 223 g/mol. The number of cyclic esters (lactones) is 1. The third kappa shape index (κ3) is 1.75. The normalized spacial score (nSPS) is 24.7. The number of alkyl halides is 1. The van der Waals surface area contributed by atoms with Gasteiger partial charge in [0.2, 0.25) is 0 Å². The minimum atomic E-state index is -1.89. The Kier molecular flexibility index (Phi) is 2.58. The third-order valence-corrected chi connectivity index (χ3v) is 2.88. The molecule has 1 aliphatic rings. The van der Waals surface area contributed by atoms with E-state index >= 15 is 0 Å². The van der Waals surface area contributed by atoms with Crippen LogP contribution in [0.25, 0.3) is 0 Å². The molecule has 1 atom stereocenters. The van der Waals surface area contributed by atoms with Gasteiger partial charge in [-0.15, -0.1) is 0 Å². The molecule has 0 fully saturated rings. The Morgan fingerprint density at radius 3 is 2.88 bits per heavy atom. The lowest BCUT2D eigenvalue weighted by Crippen LogP contribution is -2.34. The number of para-hydroxylation sites is 1. The molecular weight excluding hydrogens is 209 g/mol. The van der Waals surface area contributed by atoms with Gasteiger partial charge in [0, 0.05) is 19.9 Å². The molecule has 0 radical (unpaired) electrons. The first kappa shape index (κ1) is 10.9. The molecule has 1 aromatic rings. The second-order valence-corrected chi connectivity index (χ2v) is 3.97. The van der Waals surface area contributed by atoms with Crippen molar-refractivity contribution in [2.75, 3.05) is 11.9 Å². The number of halogens is 1. The zero-order chi connectivity index (χ0) is 11.8. The highest BCUT2D eigenvalue weighted by Crippen LogP contribution is 2.33. The van der Waals surface area contributed by atoms with E-state index in [0.717, 1.165) is 5.56 Å². The minimum Gasteiger partial charge on any atom is -0.412 e. The van der Waals surface area contributed by atoms with Crippen molar-refractivity contribution in [2.45, 2.75) is 25.6 Å². The van der Waals surface area contributed by atoms with Crippen LogP contribution in [0.15, 0.2) is 24.3 Å². The van der Waals surface area contributed by atoms with Crippen LogP contribution in [0.2, 0.25) is 0 Å². The molecule has 1 amide bonds. The molecule has 1 aromatic carbocycles. The van der Waals surface area contributed by atoms with Gasteiger partial charge in [-0.1, -0.05) is 25.1 Å². The molecule has 0 N–H and O–H groups in total. The predicted molar refractivity (Wildman–Crippen MR) is 59.2 cm³/mol. The van der Waals surface area contributed by atoms with Crippen molar-refractivity contribution in [2.24, 2.45) is 0 Å². The van der Waals surface area contributed by atoms with Crippen LogP contribution in [0.1, 0.15) is 18.9 Å². The molecule has 3 nitrogen and oxygen atoms in total. The van der Waals surface area contributed by atoms with Crippen LogP contribution in [0.3, 0.4) is 0 Å². The lowest BCUT2D eigenvalue weighted by atomic mass is 10.0. The number of nitrogens with zero attached hydrogens (tertiary/aromatic N) is 1. The quantitative estimate of drug-likeness (QED) is 0.732. The van der Waals surface area contributed by atoms with Gasteiger partial charge in [-0.2, -0.15) is 4.39 Å². The van der Waals surface area contributed by atoms with E-state index in [-0.39, 0.29) is 12.8 Å². The number of benzene rings is 1. The Morgan fingerprint density at radius 1 is 1.50 bits per heavy atom. The number of anilines is 1. The van der Waals surface area contributed by atoms with Gasteiger partial charge in [0.1, 0.15) is 0 Å². The van der Waals surface area contributed by atoms with Crippen molar-refractivity contribution in [3.8, 4) is 0 Å². The zero-order valence-corrected chi connectivity index (χ0v) is 9.37. The Balaban J connectivity index is 2.48. The van der Waals surface area contributed by atoms with Crippen LogP contribution in [0.5, 0.6) is 0 Å². The molecule has 2 rings (SSSR count). The van der Waals surface area contributed by atoms with Gasteiger partial charge < -0.3 is 4.74 Å². The van der Waals surface area contributed by atoms with E-state index in [1.807, 2.05) is 18.2 Å². The molecule has 0 spiro atoms. The minimum absolute atomic E-state index is 0.107. The van der Waals surface area contributed by atoms with Gasteiger partial charge in [-0.25, -0.2) is 4.79 Å². The van der Waals surface area contributed by atoms with Crippen LogP contribution < -0.4 is 4.90 Å². The van der Waals surface area contributed by atoms with Gasteiger partial charge in [-0.05, 0) is 11.6 Å². The number of rotatable bonds is 1. The number of amides is 1. The Labute approximate surface area is 93.8 Å². The lowest BCUT2D eigenvalue weighted by molar-refractivity contribution is -0.0919. The van der Waals surface area contributed by atoms with Crippen LogP contribution in [0, 0.1) is 0 Å². The third-order valence-electron chi connectivity index (χ3n) is 2.88. The number of ether oxygens (including phenoxy) is 1. The van der Waals surface area contributed by atoms with E-state index in [4.69, 9.17) is 4.74 Å². The SMILES string of the molecule is CCC1(F)Cc2ccccc2N(C)C(=O)O1. The van der Waals surface area contributed by atoms with Crippen molar-refractivity contribution in [3.05, 3.63) is 29.8 Å². The van der Waals surface area contributed by atoms with E-state index in [1.54, 1.807) is 20.0 Å². The first-order valence-corrected chi connectivity index (χ1v) is 5.29. The second-order valence-electron chi connectivity index (χ2n) is 3.97. The fourth-order valence-corrected chi connectivity index (χ4v) is 1.83. The van der Waals surface area contributed by atoms with Gasteiger partial charge in [0.25, 0.3) is 5.85 Å². The van der Waals surface area contributed by atoms with Crippen molar-refractivity contribution in [1.29, 1.82) is 0 Å². The van der Waals surface area contributed by atoms with Crippen molar-refractivity contribution >= 4 is 11.8 Å². The fourth-order valence-electron chi connectivity index (χ4n) is 1.83. The van der Waals surface area contributed by atoms with Crippen LogP contribution in [-0.2, 0) is 11.2 Å². The maximum absolute atomic E-state index is 14.2. The van der Waals surface area contributed by atoms with Crippen LogP contribution in [0.4, 0.5) is 14.9 Å². The summed E-state index contributed by atoms with van der Waals surface area (Å²) in [6.07, 6.45) is -0.384. The molecule has 1 aliphatic heterocycles. The Morgan fingerprint density at radius 2 is 2.19 bits per heavy atom. The molecule has 0 aromatic heterocycles. The van der Waals surface area contributed by atoms with E-state index in [2.05, 4.69) is 0 Å². The van der Waals surface area contributed by atoms with E-state index in [0.29, 0.717) is 5.69 Å².